The van der Waals surface area contributed by atoms with Gasteiger partial charge in [-0.25, -0.2) is 0 Å². The summed E-state index contributed by atoms with van der Waals surface area (Å²) in [6.45, 7) is 1.78. The molecule has 146 valence electrons. The van der Waals surface area contributed by atoms with Gasteiger partial charge in [-0.05, 0) is 50.4 Å². The second-order valence-electron chi connectivity index (χ2n) is 6.62. The zero-order valence-electron chi connectivity index (χ0n) is 15.2. The van der Waals surface area contributed by atoms with Crippen molar-refractivity contribution in [2.75, 3.05) is 39.8 Å². The van der Waals surface area contributed by atoms with E-state index in [1.807, 2.05) is 18.2 Å². The van der Waals surface area contributed by atoms with Crippen LogP contribution in [0.25, 0.3) is 0 Å². The third-order valence-corrected chi connectivity index (χ3v) is 4.58. The van der Waals surface area contributed by atoms with Gasteiger partial charge in [-0.1, -0.05) is 6.07 Å². The summed E-state index contributed by atoms with van der Waals surface area (Å²) < 4.78 is 37.2. The number of piperidine rings is 1. The topological polar surface area (TPSA) is 52.6 Å². The van der Waals surface area contributed by atoms with Crippen LogP contribution in [-0.4, -0.2) is 61.8 Å². The summed E-state index contributed by atoms with van der Waals surface area (Å²) in [5.74, 6) is 1.22. The van der Waals surface area contributed by atoms with Crippen LogP contribution in [0, 0.1) is 5.92 Å². The van der Waals surface area contributed by atoms with Gasteiger partial charge in [-0.15, -0.1) is 0 Å². The van der Waals surface area contributed by atoms with Crippen LogP contribution < -0.4 is 10.6 Å². The maximum absolute atomic E-state index is 12.4. The van der Waals surface area contributed by atoms with Crippen molar-refractivity contribution < 1.29 is 13.2 Å². The van der Waals surface area contributed by atoms with E-state index in [4.69, 9.17) is 0 Å². The van der Waals surface area contributed by atoms with E-state index in [-0.39, 0.29) is 0 Å². The number of pyridine rings is 1. The first kappa shape index (κ1) is 20.5. The Balaban J connectivity index is 1.58. The van der Waals surface area contributed by atoms with Crippen LogP contribution in [0.3, 0.4) is 0 Å². The van der Waals surface area contributed by atoms with E-state index in [1.165, 1.54) is 4.90 Å². The van der Waals surface area contributed by atoms with Gasteiger partial charge < -0.3 is 10.6 Å². The van der Waals surface area contributed by atoms with Crippen LogP contribution in [0.2, 0.25) is 0 Å². The van der Waals surface area contributed by atoms with E-state index >= 15 is 0 Å². The normalized spacial score (nSPS) is 17.3. The van der Waals surface area contributed by atoms with E-state index in [9.17, 15) is 13.2 Å². The summed E-state index contributed by atoms with van der Waals surface area (Å²) in [6, 6.07) is 5.85. The second kappa shape index (κ2) is 10.4. The molecule has 8 heteroatoms. The molecule has 2 rings (SSSR count). The Morgan fingerprint density at radius 1 is 1.23 bits per heavy atom. The monoisotopic (exact) mass is 371 g/mol. The zero-order valence-corrected chi connectivity index (χ0v) is 15.2. The van der Waals surface area contributed by atoms with Gasteiger partial charge in [0.15, 0.2) is 5.96 Å². The van der Waals surface area contributed by atoms with Crippen molar-refractivity contribution in [1.29, 1.82) is 0 Å². The summed E-state index contributed by atoms with van der Waals surface area (Å²) in [6.07, 6.45) is 1.09. The predicted octanol–water partition coefficient (Wildman–Crippen LogP) is 2.45. The number of hydrogen-bond acceptors (Lipinski definition) is 3. The molecule has 5 nitrogen and oxygen atoms in total. The minimum absolute atomic E-state index is 0.471. The first-order chi connectivity index (χ1) is 12.5. The highest BCUT2D eigenvalue weighted by atomic mass is 19.4. The number of likely N-dealkylation sites (tertiary alicyclic amines) is 1. The summed E-state index contributed by atoms with van der Waals surface area (Å²) in [7, 11) is 1.73. The van der Waals surface area contributed by atoms with Gasteiger partial charge in [0.05, 0.1) is 6.54 Å². The van der Waals surface area contributed by atoms with Gasteiger partial charge in [-0.3, -0.25) is 14.9 Å². The third-order valence-electron chi connectivity index (χ3n) is 4.58. The molecule has 1 aliphatic heterocycles. The predicted molar refractivity (Wildman–Crippen MR) is 97.1 cm³/mol. The van der Waals surface area contributed by atoms with Crippen LogP contribution in [0.5, 0.6) is 0 Å². The van der Waals surface area contributed by atoms with E-state index in [2.05, 4.69) is 20.6 Å². The van der Waals surface area contributed by atoms with E-state index in [1.54, 1.807) is 13.2 Å². The third kappa shape index (κ3) is 8.03. The van der Waals surface area contributed by atoms with Gasteiger partial charge in [0.2, 0.25) is 0 Å². The second-order valence-corrected chi connectivity index (χ2v) is 6.62. The molecule has 2 heterocycles. The number of aromatic nitrogens is 1. The molecule has 26 heavy (non-hydrogen) atoms. The van der Waals surface area contributed by atoms with E-state index < -0.39 is 12.7 Å². The Bertz CT molecular complexity index is 540. The average molecular weight is 371 g/mol. The SMILES string of the molecule is CN=C(NCCc1ccccn1)NCCC1CCN(CC(F)(F)F)CC1. The molecule has 1 aromatic rings. The number of alkyl halides is 3. The number of nitrogens with zero attached hydrogens (tertiary/aromatic N) is 3. The molecule has 0 atom stereocenters. The van der Waals surface area contributed by atoms with Crippen LogP contribution in [0.15, 0.2) is 29.4 Å². The van der Waals surface area contributed by atoms with Gasteiger partial charge in [0.1, 0.15) is 0 Å². The Morgan fingerprint density at radius 3 is 2.58 bits per heavy atom. The molecule has 0 radical (unpaired) electrons. The fourth-order valence-electron chi connectivity index (χ4n) is 3.16. The Hall–Kier alpha value is -1.83. The largest absolute Gasteiger partial charge is 0.401 e. The maximum atomic E-state index is 12.4. The van der Waals surface area contributed by atoms with Crippen molar-refractivity contribution >= 4 is 5.96 Å². The van der Waals surface area contributed by atoms with Gasteiger partial charge in [0.25, 0.3) is 0 Å². The molecule has 0 saturated carbocycles. The molecule has 0 bridgehead atoms. The van der Waals surface area contributed by atoms with E-state index in [0.29, 0.717) is 19.0 Å². The summed E-state index contributed by atoms with van der Waals surface area (Å²) in [5, 5.41) is 6.53. The smallest absolute Gasteiger partial charge is 0.356 e. The fourth-order valence-corrected chi connectivity index (χ4v) is 3.16. The lowest BCUT2D eigenvalue weighted by Crippen LogP contribution is -2.42. The standard InChI is InChI=1S/C18H28F3N5/c1-22-17(25-11-6-16-4-2-3-9-23-16)24-10-5-15-7-12-26(13-8-15)14-18(19,20)21/h2-4,9,15H,5-8,10-14H2,1H3,(H2,22,24,25). The quantitative estimate of drug-likeness (QED) is 0.571. The van der Waals surface area contributed by atoms with Crippen molar-refractivity contribution in [3.8, 4) is 0 Å². The Kier molecular flexibility index (Phi) is 8.15. The first-order valence-electron chi connectivity index (χ1n) is 9.10. The zero-order chi connectivity index (χ0) is 18.8. The highest BCUT2D eigenvalue weighted by molar-refractivity contribution is 5.79. The van der Waals surface area contributed by atoms with Crippen LogP contribution in [0.4, 0.5) is 13.2 Å². The van der Waals surface area contributed by atoms with Crippen molar-refractivity contribution in [3.05, 3.63) is 30.1 Å². The number of hydrogen-bond donors (Lipinski definition) is 2. The fraction of sp³-hybridized carbons (Fsp3) is 0.667. The minimum atomic E-state index is -4.10. The lowest BCUT2D eigenvalue weighted by molar-refractivity contribution is -0.148. The molecule has 0 amide bonds. The van der Waals surface area contributed by atoms with Crippen molar-refractivity contribution in [2.45, 2.75) is 31.9 Å². The van der Waals surface area contributed by atoms with Gasteiger partial charge >= 0.3 is 6.18 Å². The molecular formula is C18H28F3N5. The van der Waals surface area contributed by atoms with Crippen molar-refractivity contribution in [2.24, 2.45) is 10.9 Å². The molecule has 1 saturated heterocycles. The van der Waals surface area contributed by atoms with Crippen LogP contribution in [-0.2, 0) is 6.42 Å². The number of halogens is 3. The highest BCUT2D eigenvalue weighted by Crippen LogP contribution is 2.23. The molecular weight excluding hydrogens is 343 g/mol. The highest BCUT2D eigenvalue weighted by Gasteiger charge is 2.32. The molecule has 1 aliphatic rings. The van der Waals surface area contributed by atoms with Crippen molar-refractivity contribution in [3.63, 3.8) is 0 Å². The molecule has 0 spiro atoms. The summed E-state index contributed by atoms with van der Waals surface area (Å²) in [4.78, 5) is 9.98. The van der Waals surface area contributed by atoms with E-state index in [0.717, 1.165) is 50.4 Å². The molecule has 1 fully saturated rings. The van der Waals surface area contributed by atoms with Crippen LogP contribution >= 0.6 is 0 Å². The molecule has 0 aromatic carbocycles. The number of aliphatic imine (C=N–C) groups is 1. The first-order valence-corrected chi connectivity index (χ1v) is 9.10. The lowest BCUT2D eigenvalue weighted by atomic mass is 9.93. The summed E-state index contributed by atoms with van der Waals surface area (Å²) >= 11 is 0. The Morgan fingerprint density at radius 2 is 1.96 bits per heavy atom. The Labute approximate surface area is 153 Å². The lowest BCUT2D eigenvalue weighted by Gasteiger charge is -2.32. The number of rotatable bonds is 7. The summed E-state index contributed by atoms with van der Waals surface area (Å²) in [5.41, 5.74) is 1.03. The van der Waals surface area contributed by atoms with Crippen molar-refractivity contribution in [1.82, 2.24) is 20.5 Å². The number of guanidine groups is 1. The molecule has 2 N–H and O–H groups in total. The maximum Gasteiger partial charge on any atom is 0.401 e. The van der Waals surface area contributed by atoms with Crippen LogP contribution in [0.1, 0.15) is 25.0 Å². The van der Waals surface area contributed by atoms with Gasteiger partial charge in [0, 0.05) is 38.4 Å². The molecule has 0 aliphatic carbocycles. The van der Waals surface area contributed by atoms with Gasteiger partial charge in [-0.2, -0.15) is 13.2 Å². The molecule has 0 unspecified atom stereocenters. The molecule has 1 aromatic heterocycles. The number of nitrogens with one attached hydrogen (secondary N) is 2. The minimum Gasteiger partial charge on any atom is -0.356 e. The average Bonchev–Trinajstić information content (AvgIpc) is 2.61.